The molecule has 2 aliphatic heterocycles. The monoisotopic (exact) mass is 334 g/mol. The maximum atomic E-state index is 12.7. The first-order valence-electron chi connectivity index (χ1n) is 8.89. The van der Waals surface area contributed by atoms with E-state index in [1.54, 1.807) is 0 Å². The number of carbonyl (C=O) groups excluding carboxylic acids is 1. The SMILES string of the molecule is Cl.O=C(Cc1ccc2c(c1)CCC2)N1CC[C@@H]2CNC[C@@H]2CC1. The Morgan fingerprint density at radius 2 is 1.78 bits per heavy atom. The molecule has 2 heterocycles. The first-order valence-corrected chi connectivity index (χ1v) is 8.89. The molecule has 2 atom stereocenters. The van der Waals surface area contributed by atoms with Gasteiger partial charge >= 0.3 is 0 Å². The number of hydrogen-bond donors (Lipinski definition) is 1. The normalized spacial score (nSPS) is 26.2. The van der Waals surface area contributed by atoms with Crippen molar-refractivity contribution in [1.29, 1.82) is 0 Å². The number of nitrogens with one attached hydrogen (secondary N) is 1. The average molecular weight is 335 g/mol. The second-order valence-electron chi connectivity index (χ2n) is 7.27. The van der Waals surface area contributed by atoms with Gasteiger partial charge in [-0.15, -0.1) is 12.4 Å². The molecule has 0 bridgehead atoms. The summed E-state index contributed by atoms with van der Waals surface area (Å²) in [6.45, 7) is 4.20. The van der Waals surface area contributed by atoms with Gasteiger partial charge in [0.1, 0.15) is 0 Å². The fourth-order valence-corrected chi connectivity index (χ4v) is 4.49. The van der Waals surface area contributed by atoms with Crippen molar-refractivity contribution >= 4 is 18.3 Å². The highest BCUT2D eigenvalue weighted by atomic mass is 35.5. The molecule has 0 aromatic heterocycles. The summed E-state index contributed by atoms with van der Waals surface area (Å²) in [7, 11) is 0. The van der Waals surface area contributed by atoms with Crippen LogP contribution in [0.25, 0.3) is 0 Å². The lowest BCUT2D eigenvalue weighted by molar-refractivity contribution is -0.130. The minimum absolute atomic E-state index is 0. The third-order valence-corrected chi connectivity index (χ3v) is 5.89. The average Bonchev–Trinajstić information content (AvgIpc) is 3.12. The predicted molar refractivity (Wildman–Crippen MR) is 95.1 cm³/mol. The van der Waals surface area contributed by atoms with E-state index < -0.39 is 0 Å². The number of aryl methyl sites for hydroxylation is 2. The van der Waals surface area contributed by atoms with Crippen LogP contribution in [0.1, 0.15) is 36.0 Å². The molecular weight excluding hydrogens is 308 g/mol. The lowest BCUT2D eigenvalue weighted by atomic mass is 9.92. The predicted octanol–water partition coefficient (Wildman–Crippen LogP) is 2.60. The van der Waals surface area contributed by atoms with E-state index in [4.69, 9.17) is 0 Å². The number of fused-ring (bicyclic) bond motifs is 2. The van der Waals surface area contributed by atoms with Crippen molar-refractivity contribution in [3.8, 4) is 0 Å². The number of amides is 1. The van der Waals surface area contributed by atoms with E-state index in [0.717, 1.165) is 38.0 Å². The number of benzene rings is 1. The zero-order valence-electron chi connectivity index (χ0n) is 13.7. The second-order valence-corrected chi connectivity index (χ2v) is 7.27. The highest BCUT2D eigenvalue weighted by Crippen LogP contribution is 2.28. The van der Waals surface area contributed by atoms with Crippen LogP contribution in [0.15, 0.2) is 18.2 Å². The Balaban J connectivity index is 0.00000156. The van der Waals surface area contributed by atoms with Gasteiger partial charge in [-0.3, -0.25) is 4.79 Å². The van der Waals surface area contributed by atoms with Gasteiger partial charge in [0.25, 0.3) is 0 Å². The fraction of sp³-hybridized carbons (Fsp3) is 0.632. The molecule has 0 radical (unpaired) electrons. The first kappa shape index (κ1) is 16.8. The van der Waals surface area contributed by atoms with Crippen molar-refractivity contribution in [2.45, 2.75) is 38.5 Å². The molecule has 1 aromatic carbocycles. The zero-order chi connectivity index (χ0) is 14.9. The number of carbonyl (C=O) groups is 1. The minimum Gasteiger partial charge on any atom is -0.342 e. The fourth-order valence-electron chi connectivity index (χ4n) is 4.49. The third kappa shape index (κ3) is 3.56. The van der Waals surface area contributed by atoms with E-state index in [1.165, 1.54) is 48.8 Å². The summed E-state index contributed by atoms with van der Waals surface area (Å²) in [6.07, 6.45) is 6.61. The van der Waals surface area contributed by atoms with Crippen LogP contribution in [0.2, 0.25) is 0 Å². The maximum Gasteiger partial charge on any atom is 0.226 e. The van der Waals surface area contributed by atoms with Crippen molar-refractivity contribution in [1.82, 2.24) is 10.2 Å². The van der Waals surface area contributed by atoms with Crippen LogP contribution in [0.5, 0.6) is 0 Å². The molecule has 23 heavy (non-hydrogen) atoms. The lowest BCUT2D eigenvalue weighted by Gasteiger charge is -2.21. The summed E-state index contributed by atoms with van der Waals surface area (Å²) >= 11 is 0. The molecule has 1 N–H and O–H groups in total. The Bertz CT molecular complexity index is 560. The van der Waals surface area contributed by atoms with Crippen molar-refractivity contribution in [3.63, 3.8) is 0 Å². The largest absolute Gasteiger partial charge is 0.342 e. The van der Waals surface area contributed by atoms with Gasteiger partial charge in [0.15, 0.2) is 0 Å². The smallest absolute Gasteiger partial charge is 0.226 e. The molecule has 0 unspecified atom stereocenters. The maximum absolute atomic E-state index is 12.7. The Labute approximate surface area is 145 Å². The van der Waals surface area contributed by atoms with Gasteiger partial charge in [0, 0.05) is 13.1 Å². The van der Waals surface area contributed by atoms with Crippen LogP contribution in [0.4, 0.5) is 0 Å². The highest BCUT2D eigenvalue weighted by Gasteiger charge is 2.31. The molecule has 2 fully saturated rings. The zero-order valence-corrected chi connectivity index (χ0v) is 14.5. The van der Waals surface area contributed by atoms with E-state index >= 15 is 0 Å². The topological polar surface area (TPSA) is 32.3 Å². The van der Waals surface area contributed by atoms with E-state index in [-0.39, 0.29) is 12.4 Å². The lowest BCUT2D eigenvalue weighted by Crippen LogP contribution is -2.33. The summed E-state index contributed by atoms with van der Waals surface area (Å²) in [5, 5.41) is 3.50. The molecule has 1 amide bonds. The van der Waals surface area contributed by atoms with Crippen molar-refractivity contribution in [3.05, 3.63) is 34.9 Å². The summed E-state index contributed by atoms with van der Waals surface area (Å²) in [4.78, 5) is 14.8. The van der Waals surface area contributed by atoms with Gasteiger partial charge in [-0.25, -0.2) is 0 Å². The van der Waals surface area contributed by atoms with Crippen molar-refractivity contribution < 1.29 is 4.79 Å². The summed E-state index contributed by atoms with van der Waals surface area (Å²) in [5.74, 6) is 1.90. The summed E-state index contributed by atoms with van der Waals surface area (Å²) in [5.41, 5.74) is 4.17. The Hall–Kier alpha value is -1.06. The van der Waals surface area contributed by atoms with Gasteiger partial charge in [0.05, 0.1) is 6.42 Å². The van der Waals surface area contributed by atoms with Crippen molar-refractivity contribution in [2.75, 3.05) is 26.2 Å². The van der Waals surface area contributed by atoms with Crippen LogP contribution in [-0.4, -0.2) is 37.0 Å². The Morgan fingerprint density at radius 1 is 1.09 bits per heavy atom. The van der Waals surface area contributed by atoms with E-state index in [9.17, 15) is 4.79 Å². The Morgan fingerprint density at radius 3 is 2.52 bits per heavy atom. The molecule has 3 aliphatic rings. The molecule has 1 aliphatic carbocycles. The number of likely N-dealkylation sites (tertiary alicyclic amines) is 1. The number of halogens is 1. The second kappa shape index (κ2) is 7.23. The van der Waals surface area contributed by atoms with E-state index in [2.05, 4.69) is 28.4 Å². The first-order chi connectivity index (χ1) is 10.8. The van der Waals surface area contributed by atoms with Crippen LogP contribution >= 0.6 is 12.4 Å². The quantitative estimate of drug-likeness (QED) is 0.901. The van der Waals surface area contributed by atoms with Gasteiger partial charge in [-0.05, 0) is 73.7 Å². The molecule has 0 saturated carbocycles. The molecule has 1 aromatic rings. The van der Waals surface area contributed by atoms with Gasteiger partial charge in [-0.1, -0.05) is 18.2 Å². The van der Waals surface area contributed by atoms with Crippen LogP contribution in [-0.2, 0) is 24.1 Å². The molecule has 4 rings (SSSR count). The highest BCUT2D eigenvalue weighted by molar-refractivity contribution is 5.85. The summed E-state index contributed by atoms with van der Waals surface area (Å²) < 4.78 is 0. The minimum atomic E-state index is 0. The third-order valence-electron chi connectivity index (χ3n) is 5.89. The summed E-state index contributed by atoms with van der Waals surface area (Å²) in [6, 6.07) is 6.68. The van der Waals surface area contributed by atoms with Gasteiger partial charge < -0.3 is 10.2 Å². The van der Waals surface area contributed by atoms with Crippen LogP contribution < -0.4 is 5.32 Å². The molecule has 0 spiro atoms. The molecular formula is C19H27ClN2O. The standard InChI is InChI=1S/C19H26N2O.ClH/c22-19(11-14-4-5-15-2-1-3-16(15)10-14)21-8-6-17-12-20-13-18(17)7-9-21;/h4-5,10,17-18,20H,1-3,6-9,11-13H2;1H/t17-,18+;. The number of nitrogens with zero attached hydrogens (tertiary/aromatic N) is 1. The number of hydrogen-bond acceptors (Lipinski definition) is 2. The molecule has 2 saturated heterocycles. The molecule has 4 heteroatoms. The van der Waals surface area contributed by atoms with Gasteiger partial charge in [0.2, 0.25) is 5.91 Å². The van der Waals surface area contributed by atoms with Crippen LogP contribution in [0, 0.1) is 11.8 Å². The van der Waals surface area contributed by atoms with Gasteiger partial charge in [-0.2, -0.15) is 0 Å². The van der Waals surface area contributed by atoms with Crippen LogP contribution in [0.3, 0.4) is 0 Å². The molecule has 126 valence electrons. The van der Waals surface area contributed by atoms with E-state index in [0.29, 0.717) is 12.3 Å². The molecule has 3 nitrogen and oxygen atoms in total. The number of rotatable bonds is 2. The van der Waals surface area contributed by atoms with Crippen molar-refractivity contribution in [2.24, 2.45) is 11.8 Å². The van der Waals surface area contributed by atoms with E-state index in [1.807, 2.05) is 0 Å². The Kier molecular flexibility index (Phi) is 5.27.